The molecular weight excluding hydrogens is 247 g/mol. The SMILES string of the molecule is CC(=O)N1CCN(C(=O)Cc2cccc(F)c2)CC1. The van der Waals surface area contributed by atoms with Gasteiger partial charge in [0.1, 0.15) is 5.82 Å². The van der Waals surface area contributed by atoms with Crippen molar-refractivity contribution >= 4 is 11.8 Å². The summed E-state index contributed by atoms with van der Waals surface area (Å²) in [7, 11) is 0. The van der Waals surface area contributed by atoms with E-state index in [-0.39, 0.29) is 24.1 Å². The fourth-order valence-corrected chi connectivity index (χ4v) is 2.20. The van der Waals surface area contributed by atoms with E-state index in [1.807, 2.05) is 0 Å². The molecule has 0 N–H and O–H groups in total. The Bertz CT molecular complexity index is 482. The van der Waals surface area contributed by atoms with Crippen LogP contribution < -0.4 is 0 Å². The average molecular weight is 264 g/mol. The van der Waals surface area contributed by atoms with Crippen molar-refractivity contribution in [2.45, 2.75) is 13.3 Å². The normalized spacial score (nSPS) is 15.5. The molecule has 0 spiro atoms. The van der Waals surface area contributed by atoms with Crippen LogP contribution in [0.4, 0.5) is 4.39 Å². The maximum Gasteiger partial charge on any atom is 0.227 e. The van der Waals surface area contributed by atoms with E-state index in [1.165, 1.54) is 19.1 Å². The summed E-state index contributed by atoms with van der Waals surface area (Å²) in [5.41, 5.74) is 0.680. The van der Waals surface area contributed by atoms with Crippen molar-refractivity contribution in [2.75, 3.05) is 26.2 Å². The molecule has 0 bridgehead atoms. The molecular formula is C14H17FN2O2. The highest BCUT2D eigenvalue weighted by Gasteiger charge is 2.22. The molecule has 4 nitrogen and oxygen atoms in total. The van der Waals surface area contributed by atoms with Crippen LogP contribution in [-0.2, 0) is 16.0 Å². The summed E-state index contributed by atoms with van der Waals surface area (Å²) in [5.74, 6) is -0.308. The van der Waals surface area contributed by atoms with Crippen LogP contribution in [0, 0.1) is 5.82 Å². The van der Waals surface area contributed by atoms with Crippen LogP contribution in [0.15, 0.2) is 24.3 Å². The monoisotopic (exact) mass is 264 g/mol. The second-order valence-electron chi connectivity index (χ2n) is 4.69. The van der Waals surface area contributed by atoms with Gasteiger partial charge in [-0.1, -0.05) is 12.1 Å². The van der Waals surface area contributed by atoms with Gasteiger partial charge in [-0.3, -0.25) is 9.59 Å². The zero-order valence-electron chi connectivity index (χ0n) is 10.9. The van der Waals surface area contributed by atoms with Crippen molar-refractivity contribution in [2.24, 2.45) is 0 Å². The maximum atomic E-state index is 13.0. The number of rotatable bonds is 2. The zero-order chi connectivity index (χ0) is 13.8. The van der Waals surface area contributed by atoms with Crippen molar-refractivity contribution in [1.82, 2.24) is 9.80 Å². The Kier molecular flexibility index (Phi) is 4.14. The van der Waals surface area contributed by atoms with Crippen molar-refractivity contribution < 1.29 is 14.0 Å². The van der Waals surface area contributed by atoms with Gasteiger partial charge in [0.05, 0.1) is 6.42 Å². The summed E-state index contributed by atoms with van der Waals surface area (Å²) in [5, 5.41) is 0. The van der Waals surface area contributed by atoms with Crippen molar-refractivity contribution in [3.05, 3.63) is 35.6 Å². The van der Waals surface area contributed by atoms with Gasteiger partial charge in [-0.25, -0.2) is 4.39 Å². The van der Waals surface area contributed by atoms with Crippen LogP contribution in [0.3, 0.4) is 0 Å². The smallest absolute Gasteiger partial charge is 0.227 e. The Hall–Kier alpha value is -1.91. The fourth-order valence-electron chi connectivity index (χ4n) is 2.20. The van der Waals surface area contributed by atoms with Crippen LogP contribution in [0.1, 0.15) is 12.5 Å². The summed E-state index contributed by atoms with van der Waals surface area (Å²) in [6.07, 6.45) is 0.206. The number of hydrogen-bond donors (Lipinski definition) is 0. The number of piperazine rings is 1. The zero-order valence-corrected chi connectivity index (χ0v) is 10.9. The first-order chi connectivity index (χ1) is 9.06. The molecule has 1 aromatic carbocycles. The molecule has 1 aromatic rings. The number of amides is 2. The molecule has 0 aliphatic carbocycles. The van der Waals surface area contributed by atoms with Gasteiger partial charge in [-0.15, -0.1) is 0 Å². The van der Waals surface area contributed by atoms with Crippen LogP contribution in [0.2, 0.25) is 0 Å². The summed E-state index contributed by atoms with van der Waals surface area (Å²) in [6.45, 7) is 3.78. The van der Waals surface area contributed by atoms with Crippen molar-refractivity contribution in [3.8, 4) is 0 Å². The third kappa shape index (κ3) is 3.53. The van der Waals surface area contributed by atoms with E-state index in [2.05, 4.69) is 0 Å². The summed E-state index contributed by atoms with van der Waals surface area (Å²) < 4.78 is 13.0. The number of nitrogens with zero attached hydrogens (tertiary/aromatic N) is 2. The standard InChI is InChI=1S/C14H17FN2O2/c1-11(18)16-5-7-17(8-6-16)14(19)10-12-3-2-4-13(15)9-12/h2-4,9H,5-8,10H2,1H3. The molecule has 102 valence electrons. The Labute approximate surface area is 111 Å². The van der Waals surface area contributed by atoms with Crippen molar-refractivity contribution in [3.63, 3.8) is 0 Å². The van der Waals surface area contributed by atoms with E-state index in [1.54, 1.807) is 21.9 Å². The van der Waals surface area contributed by atoms with Crippen LogP contribution in [0.25, 0.3) is 0 Å². The number of hydrogen-bond acceptors (Lipinski definition) is 2. The largest absolute Gasteiger partial charge is 0.339 e. The quantitative estimate of drug-likeness (QED) is 0.801. The lowest BCUT2D eigenvalue weighted by atomic mass is 10.1. The molecule has 1 fully saturated rings. The maximum absolute atomic E-state index is 13.0. The van der Waals surface area contributed by atoms with Gasteiger partial charge in [0.15, 0.2) is 0 Å². The average Bonchev–Trinajstić information content (AvgIpc) is 2.39. The number of carbonyl (C=O) groups is 2. The predicted molar refractivity (Wildman–Crippen MR) is 68.9 cm³/mol. The van der Waals surface area contributed by atoms with Gasteiger partial charge in [0, 0.05) is 33.1 Å². The second kappa shape index (κ2) is 5.82. The molecule has 2 rings (SSSR count). The molecule has 19 heavy (non-hydrogen) atoms. The van der Waals surface area contributed by atoms with E-state index >= 15 is 0 Å². The third-order valence-electron chi connectivity index (χ3n) is 3.32. The highest BCUT2D eigenvalue weighted by Crippen LogP contribution is 2.08. The molecule has 5 heteroatoms. The lowest BCUT2D eigenvalue weighted by molar-refractivity contribution is -0.138. The van der Waals surface area contributed by atoms with E-state index in [0.29, 0.717) is 31.7 Å². The molecule has 1 aliphatic heterocycles. The number of benzene rings is 1. The van der Waals surface area contributed by atoms with E-state index < -0.39 is 0 Å². The first-order valence-corrected chi connectivity index (χ1v) is 6.34. The Morgan fingerprint density at radius 1 is 1.16 bits per heavy atom. The van der Waals surface area contributed by atoms with E-state index in [4.69, 9.17) is 0 Å². The van der Waals surface area contributed by atoms with Gasteiger partial charge < -0.3 is 9.80 Å². The van der Waals surface area contributed by atoms with Gasteiger partial charge >= 0.3 is 0 Å². The summed E-state index contributed by atoms with van der Waals surface area (Å²) in [4.78, 5) is 26.7. The van der Waals surface area contributed by atoms with E-state index in [0.717, 1.165) is 0 Å². The molecule has 1 heterocycles. The molecule has 1 aliphatic rings. The lowest BCUT2D eigenvalue weighted by Crippen LogP contribution is -2.50. The van der Waals surface area contributed by atoms with Gasteiger partial charge in [0.2, 0.25) is 11.8 Å². The summed E-state index contributed by atoms with van der Waals surface area (Å²) in [6, 6.07) is 6.09. The Balaban J connectivity index is 1.90. The fraction of sp³-hybridized carbons (Fsp3) is 0.429. The van der Waals surface area contributed by atoms with E-state index in [9.17, 15) is 14.0 Å². The molecule has 0 saturated carbocycles. The van der Waals surface area contributed by atoms with Crippen LogP contribution in [-0.4, -0.2) is 47.8 Å². The minimum Gasteiger partial charge on any atom is -0.339 e. The minimum atomic E-state index is -0.327. The van der Waals surface area contributed by atoms with Crippen molar-refractivity contribution in [1.29, 1.82) is 0 Å². The first-order valence-electron chi connectivity index (χ1n) is 6.34. The topological polar surface area (TPSA) is 40.6 Å². The first kappa shape index (κ1) is 13.5. The highest BCUT2D eigenvalue weighted by atomic mass is 19.1. The summed E-state index contributed by atoms with van der Waals surface area (Å²) >= 11 is 0. The Morgan fingerprint density at radius 3 is 2.37 bits per heavy atom. The molecule has 0 unspecified atom stereocenters. The van der Waals surface area contributed by atoms with Gasteiger partial charge in [-0.2, -0.15) is 0 Å². The highest BCUT2D eigenvalue weighted by molar-refractivity contribution is 5.79. The Morgan fingerprint density at radius 2 is 1.79 bits per heavy atom. The molecule has 0 atom stereocenters. The van der Waals surface area contributed by atoms with Gasteiger partial charge in [0.25, 0.3) is 0 Å². The molecule has 1 saturated heterocycles. The van der Waals surface area contributed by atoms with Crippen LogP contribution >= 0.6 is 0 Å². The second-order valence-corrected chi connectivity index (χ2v) is 4.69. The minimum absolute atomic E-state index is 0.0196. The van der Waals surface area contributed by atoms with Crippen LogP contribution in [0.5, 0.6) is 0 Å². The third-order valence-corrected chi connectivity index (χ3v) is 3.32. The van der Waals surface area contributed by atoms with Gasteiger partial charge in [-0.05, 0) is 17.7 Å². The number of halogens is 1. The molecule has 2 amide bonds. The lowest BCUT2D eigenvalue weighted by Gasteiger charge is -2.34. The number of carbonyl (C=O) groups excluding carboxylic acids is 2. The molecule has 0 radical (unpaired) electrons. The predicted octanol–water partition coefficient (Wildman–Crippen LogP) is 1.06. The molecule has 0 aromatic heterocycles.